The molecule has 0 radical (unpaired) electrons. The van der Waals surface area contributed by atoms with Crippen LogP contribution in [0.25, 0.3) is 0 Å². The molecule has 0 aliphatic heterocycles. The Kier molecular flexibility index (Phi) is 9.07. The van der Waals surface area contributed by atoms with Crippen molar-refractivity contribution in [3.63, 3.8) is 0 Å². The molecule has 148 valence electrons. The van der Waals surface area contributed by atoms with Crippen molar-refractivity contribution >= 4 is 34.0 Å². The Hall–Kier alpha value is -2.29. The van der Waals surface area contributed by atoms with Gasteiger partial charge in [0.15, 0.2) is 0 Å². The summed E-state index contributed by atoms with van der Waals surface area (Å²) in [6.45, 7) is 3.49. The molecule has 0 aromatic heterocycles. The first-order chi connectivity index (χ1) is 12.5. The molecule has 2 aromatic carbocycles. The number of ether oxygens (including phenoxy) is 1. The molecule has 27 heavy (non-hydrogen) atoms. The highest BCUT2D eigenvalue weighted by atomic mass is 35.5. The molecule has 0 aliphatic rings. The zero-order valence-electron chi connectivity index (χ0n) is 15.2. The summed E-state index contributed by atoms with van der Waals surface area (Å²) in [5.74, 6) is 0.342. The lowest BCUT2D eigenvalue weighted by Gasteiger charge is -2.10. The molecule has 2 rings (SSSR count). The Labute approximate surface area is 166 Å². The SMILES string of the molecule is CCOc1ccc(S(=O)(=O)Nc2cccc(C(=O)NCCNC)c2)cc1.Cl. The van der Waals surface area contributed by atoms with Crippen LogP contribution in [-0.4, -0.2) is 41.1 Å². The molecule has 0 heterocycles. The molecule has 3 N–H and O–H groups in total. The second-order valence-corrected chi connectivity index (χ2v) is 7.13. The predicted molar refractivity (Wildman–Crippen MR) is 108 cm³/mol. The van der Waals surface area contributed by atoms with Gasteiger partial charge >= 0.3 is 0 Å². The van der Waals surface area contributed by atoms with Gasteiger partial charge in [-0.05, 0) is 56.4 Å². The van der Waals surface area contributed by atoms with Crippen LogP contribution in [0.3, 0.4) is 0 Å². The van der Waals surface area contributed by atoms with E-state index in [1.807, 2.05) is 6.92 Å². The summed E-state index contributed by atoms with van der Waals surface area (Å²) < 4.78 is 32.8. The second kappa shape index (κ2) is 10.8. The summed E-state index contributed by atoms with van der Waals surface area (Å²) in [4.78, 5) is 12.2. The first kappa shape index (κ1) is 22.8. The molecule has 1 amide bonds. The van der Waals surface area contributed by atoms with Gasteiger partial charge in [0.2, 0.25) is 0 Å². The third kappa shape index (κ3) is 6.74. The lowest BCUT2D eigenvalue weighted by Crippen LogP contribution is -2.30. The number of benzene rings is 2. The standard InChI is InChI=1S/C18H23N3O4S.ClH/c1-3-25-16-7-9-17(10-8-16)26(23,24)21-15-6-4-5-14(13-15)18(22)20-12-11-19-2;/h4-10,13,19,21H,3,11-12H2,1-2H3,(H,20,22);1H. The molecule has 7 nitrogen and oxygen atoms in total. The van der Waals surface area contributed by atoms with Gasteiger partial charge in [0, 0.05) is 24.3 Å². The molecule has 0 unspecified atom stereocenters. The minimum atomic E-state index is -3.76. The zero-order chi connectivity index (χ0) is 19.0. The first-order valence-electron chi connectivity index (χ1n) is 8.25. The molecule has 0 saturated heterocycles. The molecule has 0 aliphatic carbocycles. The Morgan fingerprint density at radius 2 is 1.78 bits per heavy atom. The van der Waals surface area contributed by atoms with E-state index in [1.165, 1.54) is 18.2 Å². The third-order valence-electron chi connectivity index (χ3n) is 3.48. The van der Waals surface area contributed by atoms with Crippen LogP contribution in [0.1, 0.15) is 17.3 Å². The lowest BCUT2D eigenvalue weighted by molar-refractivity contribution is 0.0954. The number of carbonyl (C=O) groups excluding carboxylic acids is 1. The molecule has 0 fully saturated rings. The van der Waals surface area contributed by atoms with Crippen LogP contribution >= 0.6 is 12.4 Å². The fraction of sp³-hybridized carbons (Fsp3) is 0.278. The van der Waals surface area contributed by atoms with E-state index in [2.05, 4.69) is 15.4 Å². The quantitative estimate of drug-likeness (QED) is 0.548. The smallest absolute Gasteiger partial charge is 0.261 e. The second-order valence-electron chi connectivity index (χ2n) is 5.45. The predicted octanol–water partition coefficient (Wildman–Crippen LogP) is 2.26. The van der Waals surface area contributed by atoms with Crippen LogP contribution in [-0.2, 0) is 10.0 Å². The van der Waals surface area contributed by atoms with Crippen molar-refractivity contribution in [2.24, 2.45) is 0 Å². The van der Waals surface area contributed by atoms with Gasteiger partial charge in [-0.3, -0.25) is 9.52 Å². The summed E-state index contributed by atoms with van der Waals surface area (Å²) in [6, 6.07) is 12.5. The number of anilines is 1. The van der Waals surface area contributed by atoms with E-state index in [0.29, 0.717) is 36.7 Å². The lowest BCUT2D eigenvalue weighted by atomic mass is 10.2. The molecule has 0 bridgehead atoms. The molecule has 2 aromatic rings. The van der Waals surface area contributed by atoms with Gasteiger partial charge in [-0.15, -0.1) is 12.4 Å². The number of nitrogens with one attached hydrogen (secondary N) is 3. The Morgan fingerprint density at radius 3 is 2.41 bits per heavy atom. The van der Waals surface area contributed by atoms with Crippen molar-refractivity contribution in [3.8, 4) is 5.75 Å². The van der Waals surface area contributed by atoms with Crippen LogP contribution in [0.5, 0.6) is 5.75 Å². The summed E-state index contributed by atoms with van der Waals surface area (Å²) in [7, 11) is -1.96. The normalized spacial score (nSPS) is 10.6. The maximum atomic E-state index is 12.5. The third-order valence-corrected chi connectivity index (χ3v) is 4.88. The van der Waals surface area contributed by atoms with Crippen molar-refractivity contribution in [1.82, 2.24) is 10.6 Å². The van der Waals surface area contributed by atoms with Crippen LogP contribution in [0, 0.1) is 0 Å². The number of hydrogen-bond donors (Lipinski definition) is 3. The highest BCUT2D eigenvalue weighted by molar-refractivity contribution is 7.92. The number of rotatable bonds is 9. The zero-order valence-corrected chi connectivity index (χ0v) is 16.8. The fourth-order valence-electron chi connectivity index (χ4n) is 2.22. The number of amides is 1. The van der Waals surface area contributed by atoms with Crippen LogP contribution in [0.15, 0.2) is 53.4 Å². The van der Waals surface area contributed by atoms with E-state index < -0.39 is 10.0 Å². The highest BCUT2D eigenvalue weighted by Gasteiger charge is 2.15. The number of halogens is 1. The van der Waals surface area contributed by atoms with Crippen LogP contribution in [0.4, 0.5) is 5.69 Å². The van der Waals surface area contributed by atoms with Gasteiger partial charge in [0.05, 0.1) is 11.5 Å². The van der Waals surface area contributed by atoms with Gasteiger partial charge in [0.1, 0.15) is 5.75 Å². The van der Waals surface area contributed by atoms with Crippen molar-refractivity contribution in [2.75, 3.05) is 31.5 Å². The largest absolute Gasteiger partial charge is 0.494 e. The van der Waals surface area contributed by atoms with Crippen molar-refractivity contribution < 1.29 is 17.9 Å². The monoisotopic (exact) mass is 413 g/mol. The summed E-state index contributed by atoms with van der Waals surface area (Å²) in [5.41, 5.74) is 0.702. The van der Waals surface area contributed by atoms with E-state index in [1.54, 1.807) is 37.4 Å². The highest BCUT2D eigenvalue weighted by Crippen LogP contribution is 2.20. The first-order valence-corrected chi connectivity index (χ1v) is 9.73. The summed E-state index contributed by atoms with van der Waals surface area (Å²) in [5, 5.41) is 5.68. The van der Waals surface area contributed by atoms with E-state index in [4.69, 9.17) is 4.74 Å². The Morgan fingerprint density at radius 1 is 1.07 bits per heavy atom. The fourth-order valence-corrected chi connectivity index (χ4v) is 3.27. The Balaban J connectivity index is 0.00000364. The van der Waals surface area contributed by atoms with E-state index >= 15 is 0 Å². The molecule has 0 saturated carbocycles. The van der Waals surface area contributed by atoms with E-state index in [0.717, 1.165) is 0 Å². The summed E-state index contributed by atoms with van der Waals surface area (Å²) in [6.07, 6.45) is 0. The van der Waals surface area contributed by atoms with E-state index in [9.17, 15) is 13.2 Å². The number of carbonyl (C=O) groups is 1. The van der Waals surface area contributed by atoms with Gasteiger partial charge in [0.25, 0.3) is 15.9 Å². The van der Waals surface area contributed by atoms with Crippen molar-refractivity contribution in [1.29, 1.82) is 0 Å². The molecular weight excluding hydrogens is 390 g/mol. The number of hydrogen-bond acceptors (Lipinski definition) is 5. The average molecular weight is 414 g/mol. The van der Waals surface area contributed by atoms with Crippen LogP contribution in [0.2, 0.25) is 0 Å². The maximum Gasteiger partial charge on any atom is 0.261 e. The summed E-state index contributed by atoms with van der Waals surface area (Å²) >= 11 is 0. The minimum absolute atomic E-state index is 0. The van der Waals surface area contributed by atoms with Gasteiger partial charge in [-0.1, -0.05) is 6.07 Å². The van der Waals surface area contributed by atoms with E-state index in [-0.39, 0.29) is 23.2 Å². The van der Waals surface area contributed by atoms with Gasteiger partial charge in [-0.25, -0.2) is 8.42 Å². The minimum Gasteiger partial charge on any atom is -0.494 e. The van der Waals surface area contributed by atoms with Gasteiger partial charge < -0.3 is 15.4 Å². The molecular formula is C18H24ClN3O4S. The van der Waals surface area contributed by atoms with Crippen molar-refractivity contribution in [2.45, 2.75) is 11.8 Å². The molecule has 0 spiro atoms. The topological polar surface area (TPSA) is 96.5 Å². The average Bonchev–Trinajstić information content (AvgIpc) is 2.62. The van der Waals surface area contributed by atoms with Crippen LogP contribution < -0.4 is 20.1 Å². The molecule has 0 atom stereocenters. The number of sulfonamides is 1. The van der Waals surface area contributed by atoms with Crippen molar-refractivity contribution in [3.05, 3.63) is 54.1 Å². The number of likely N-dealkylation sites (N-methyl/N-ethyl adjacent to an activating group) is 1. The Bertz CT molecular complexity index is 842. The maximum absolute atomic E-state index is 12.5. The molecule has 9 heteroatoms. The van der Waals surface area contributed by atoms with Gasteiger partial charge in [-0.2, -0.15) is 0 Å².